The van der Waals surface area contributed by atoms with Gasteiger partial charge in [-0.05, 0) is 32.8 Å². The first-order valence-electron chi connectivity index (χ1n) is 10.5. The monoisotopic (exact) mass is 439 g/mol. The van der Waals surface area contributed by atoms with Crippen LogP contribution in [0.5, 0.6) is 0 Å². The first-order valence-corrected chi connectivity index (χ1v) is 11.3. The lowest BCUT2D eigenvalue weighted by Gasteiger charge is -2.22. The van der Waals surface area contributed by atoms with Crippen molar-refractivity contribution in [3.63, 3.8) is 0 Å². The van der Waals surface area contributed by atoms with Crippen molar-refractivity contribution in [2.45, 2.75) is 39.3 Å². The highest BCUT2D eigenvalue weighted by molar-refractivity contribution is 7.17. The van der Waals surface area contributed by atoms with Gasteiger partial charge in [0.2, 0.25) is 0 Å². The van der Waals surface area contributed by atoms with Crippen molar-refractivity contribution in [3.05, 3.63) is 29.2 Å². The van der Waals surface area contributed by atoms with Crippen LogP contribution in [0.25, 0.3) is 22.1 Å². The van der Waals surface area contributed by atoms with Crippen molar-refractivity contribution < 1.29 is 9.53 Å². The molecule has 10 heteroatoms. The quantitative estimate of drug-likeness (QED) is 0.495. The van der Waals surface area contributed by atoms with E-state index in [4.69, 9.17) is 9.72 Å². The zero-order chi connectivity index (χ0) is 21.5. The molecule has 0 saturated carbocycles. The Morgan fingerprint density at radius 3 is 2.90 bits per heavy atom. The standard InChI is InChI=1S/C21H25N7O2S/c1-4-28-8-5-14-16-15(22-11-27(16)3)18(25-19(14)28)26-21-23-12(2)17(31-21)20(29)24-13-6-9-30-10-7-13/h5,8,11,13H,4,6-7,9-10H2,1-3H3,(H,24,29)(H,23,25,26). The van der Waals surface area contributed by atoms with Gasteiger partial charge >= 0.3 is 0 Å². The number of nitrogens with one attached hydrogen (secondary N) is 2. The maximum atomic E-state index is 12.8. The molecular weight excluding hydrogens is 414 g/mol. The highest BCUT2D eigenvalue weighted by Gasteiger charge is 2.22. The van der Waals surface area contributed by atoms with Crippen LogP contribution >= 0.6 is 11.3 Å². The molecule has 9 nitrogen and oxygen atoms in total. The number of carbonyl (C=O) groups excluding carboxylic acids is 1. The van der Waals surface area contributed by atoms with Crippen LogP contribution in [0.4, 0.5) is 10.9 Å². The third-order valence-corrected chi connectivity index (χ3v) is 6.77. The minimum Gasteiger partial charge on any atom is -0.381 e. The topological polar surface area (TPSA) is 98.9 Å². The van der Waals surface area contributed by atoms with Gasteiger partial charge in [0, 0.05) is 44.4 Å². The number of ether oxygens (including phenoxy) is 1. The van der Waals surface area contributed by atoms with E-state index in [0.29, 0.717) is 34.7 Å². The number of aromatic nitrogens is 5. The number of anilines is 2. The Kier molecular flexibility index (Phi) is 5.11. The number of fused-ring (bicyclic) bond motifs is 3. The van der Waals surface area contributed by atoms with E-state index >= 15 is 0 Å². The second kappa shape index (κ2) is 7.93. The van der Waals surface area contributed by atoms with Crippen LogP contribution in [0, 0.1) is 6.92 Å². The van der Waals surface area contributed by atoms with Crippen molar-refractivity contribution in [2.24, 2.45) is 7.05 Å². The molecule has 0 aliphatic carbocycles. The molecule has 5 heterocycles. The zero-order valence-corrected chi connectivity index (χ0v) is 18.6. The van der Waals surface area contributed by atoms with Gasteiger partial charge in [-0.2, -0.15) is 0 Å². The minimum absolute atomic E-state index is 0.0822. The largest absolute Gasteiger partial charge is 0.381 e. The molecule has 5 rings (SSSR count). The third-order valence-electron chi connectivity index (χ3n) is 5.69. The Bertz CT molecular complexity index is 1270. The summed E-state index contributed by atoms with van der Waals surface area (Å²) in [5.41, 5.74) is 3.40. The van der Waals surface area contributed by atoms with Crippen molar-refractivity contribution in [1.82, 2.24) is 29.4 Å². The summed E-state index contributed by atoms with van der Waals surface area (Å²) >= 11 is 1.34. The van der Waals surface area contributed by atoms with Crippen LogP contribution in [0.3, 0.4) is 0 Å². The molecule has 31 heavy (non-hydrogen) atoms. The molecule has 1 aliphatic rings. The van der Waals surface area contributed by atoms with Crippen molar-refractivity contribution in [1.29, 1.82) is 0 Å². The normalized spacial score (nSPS) is 15.1. The Morgan fingerprint density at radius 2 is 2.13 bits per heavy atom. The fourth-order valence-corrected chi connectivity index (χ4v) is 4.92. The average Bonchev–Trinajstić information content (AvgIpc) is 3.45. The molecule has 162 valence electrons. The van der Waals surface area contributed by atoms with Gasteiger partial charge in [-0.25, -0.2) is 15.0 Å². The molecule has 4 aromatic rings. The molecule has 0 spiro atoms. The molecule has 0 bridgehead atoms. The Morgan fingerprint density at radius 1 is 1.32 bits per heavy atom. The summed E-state index contributed by atoms with van der Waals surface area (Å²) < 4.78 is 9.48. The van der Waals surface area contributed by atoms with E-state index in [1.165, 1.54) is 11.3 Å². The molecule has 1 aliphatic heterocycles. The van der Waals surface area contributed by atoms with E-state index < -0.39 is 0 Å². The number of hydrogen-bond acceptors (Lipinski definition) is 7. The third kappa shape index (κ3) is 3.55. The van der Waals surface area contributed by atoms with Crippen LogP contribution in [-0.4, -0.2) is 49.2 Å². The van der Waals surface area contributed by atoms with Gasteiger partial charge in [0.15, 0.2) is 10.9 Å². The minimum atomic E-state index is -0.0822. The van der Waals surface area contributed by atoms with E-state index in [1.54, 1.807) is 6.33 Å². The molecule has 2 N–H and O–H groups in total. The van der Waals surface area contributed by atoms with E-state index in [9.17, 15) is 4.79 Å². The molecule has 1 fully saturated rings. The summed E-state index contributed by atoms with van der Waals surface area (Å²) in [6, 6.07) is 2.23. The smallest absolute Gasteiger partial charge is 0.263 e. The van der Waals surface area contributed by atoms with E-state index in [2.05, 4.69) is 38.2 Å². The number of rotatable bonds is 5. The Labute approximate surface area is 183 Å². The molecular formula is C21H25N7O2S. The highest BCUT2D eigenvalue weighted by Crippen LogP contribution is 2.32. The lowest BCUT2D eigenvalue weighted by atomic mass is 10.1. The van der Waals surface area contributed by atoms with Gasteiger partial charge < -0.3 is 24.5 Å². The van der Waals surface area contributed by atoms with Crippen molar-refractivity contribution in [3.8, 4) is 0 Å². The first kappa shape index (κ1) is 20.0. The van der Waals surface area contributed by atoms with Gasteiger partial charge in [0.25, 0.3) is 5.91 Å². The summed E-state index contributed by atoms with van der Waals surface area (Å²) in [7, 11) is 1.98. The van der Waals surface area contributed by atoms with Gasteiger partial charge in [-0.15, -0.1) is 0 Å². The van der Waals surface area contributed by atoms with Crippen LogP contribution in [0.1, 0.15) is 35.1 Å². The number of carbonyl (C=O) groups is 1. The lowest BCUT2D eigenvalue weighted by Crippen LogP contribution is -2.38. The second-order valence-corrected chi connectivity index (χ2v) is 8.77. The molecule has 0 atom stereocenters. The van der Waals surface area contributed by atoms with Crippen molar-refractivity contribution in [2.75, 3.05) is 18.5 Å². The van der Waals surface area contributed by atoms with Gasteiger partial charge in [0.1, 0.15) is 16.0 Å². The fourth-order valence-electron chi connectivity index (χ4n) is 4.05. The predicted molar refractivity (Wildman–Crippen MR) is 121 cm³/mol. The SMILES string of the molecule is CCn1ccc2c3c(ncn3C)c(Nc3nc(C)c(C(=O)NC4CCOCC4)s3)nc21. The first-order chi connectivity index (χ1) is 15.0. The molecule has 4 aromatic heterocycles. The number of imidazole rings is 1. The highest BCUT2D eigenvalue weighted by atomic mass is 32.1. The van der Waals surface area contributed by atoms with Crippen LogP contribution in [-0.2, 0) is 18.3 Å². The van der Waals surface area contributed by atoms with Crippen molar-refractivity contribution >= 4 is 50.3 Å². The Balaban J connectivity index is 1.47. The van der Waals surface area contributed by atoms with Crippen LogP contribution in [0.2, 0.25) is 0 Å². The number of aryl methyl sites for hydroxylation is 3. The predicted octanol–water partition coefficient (Wildman–Crippen LogP) is 3.36. The number of hydrogen-bond donors (Lipinski definition) is 2. The number of thiazole rings is 1. The summed E-state index contributed by atoms with van der Waals surface area (Å²) in [6.45, 7) is 6.15. The van der Waals surface area contributed by atoms with Gasteiger partial charge in [-0.3, -0.25) is 4.79 Å². The molecule has 1 saturated heterocycles. The maximum Gasteiger partial charge on any atom is 0.263 e. The summed E-state index contributed by atoms with van der Waals surface area (Å²) in [4.78, 5) is 27.4. The Hall–Kier alpha value is -2.98. The molecule has 0 unspecified atom stereocenters. The fraction of sp³-hybridized carbons (Fsp3) is 0.429. The van der Waals surface area contributed by atoms with Crippen LogP contribution in [0.15, 0.2) is 18.6 Å². The van der Waals surface area contributed by atoms with E-state index in [1.807, 2.05) is 24.7 Å². The summed E-state index contributed by atoms with van der Waals surface area (Å²) in [5.74, 6) is 0.558. The summed E-state index contributed by atoms with van der Waals surface area (Å²) in [5, 5.41) is 8.12. The van der Waals surface area contributed by atoms with E-state index in [0.717, 1.165) is 41.5 Å². The van der Waals surface area contributed by atoms with Crippen LogP contribution < -0.4 is 10.6 Å². The molecule has 0 radical (unpaired) electrons. The number of amides is 1. The summed E-state index contributed by atoms with van der Waals surface area (Å²) in [6.07, 6.45) is 5.51. The average molecular weight is 440 g/mol. The van der Waals surface area contributed by atoms with E-state index in [-0.39, 0.29) is 11.9 Å². The second-order valence-electron chi connectivity index (χ2n) is 7.77. The molecule has 0 aromatic carbocycles. The van der Waals surface area contributed by atoms with Gasteiger partial charge in [-0.1, -0.05) is 11.3 Å². The zero-order valence-electron chi connectivity index (χ0n) is 17.8. The maximum absolute atomic E-state index is 12.8. The van der Waals surface area contributed by atoms with Gasteiger partial charge in [0.05, 0.1) is 17.5 Å². The number of nitrogens with zero attached hydrogens (tertiary/aromatic N) is 5. The molecule has 1 amide bonds. The number of pyridine rings is 1. The lowest BCUT2D eigenvalue weighted by molar-refractivity contribution is 0.0698.